The molecule has 27 nitrogen and oxygen atoms in total. The van der Waals surface area contributed by atoms with E-state index >= 15 is 26.3 Å². The van der Waals surface area contributed by atoms with E-state index in [1.807, 2.05) is 109 Å². The first-order chi connectivity index (χ1) is 62.1. The van der Waals surface area contributed by atoms with Crippen LogP contribution < -0.4 is 30.2 Å². The van der Waals surface area contributed by atoms with Gasteiger partial charge in [0.1, 0.15) is 54.2 Å². The zero-order valence-corrected chi connectivity index (χ0v) is 82.7. The summed E-state index contributed by atoms with van der Waals surface area (Å²) in [6.07, 6.45) is 11.5. The number of halogens is 6. The second kappa shape index (κ2) is 43.4. The molecule has 16 rings (SSSR count). The van der Waals surface area contributed by atoms with Crippen molar-refractivity contribution in [2.24, 2.45) is 63.6 Å². The van der Waals surface area contributed by atoms with Crippen molar-refractivity contribution in [3.63, 3.8) is 0 Å². The zero-order valence-electron chi connectivity index (χ0n) is 78.5. The predicted molar refractivity (Wildman–Crippen MR) is 473 cm³/mol. The largest absolute Gasteiger partial charge is 0.540 e. The number of fused-ring (bicyclic) bond motifs is 17. The molecule has 3 aromatic heterocycles. The number of aromatic nitrogens is 6. The van der Waals surface area contributed by atoms with Gasteiger partial charge in [0.2, 0.25) is 35.4 Å². The molecule has 6 aliphatic heterocycles. The first kappa shape index (κ1) is 106. The van der Waals surface area contributed by atoms with Crippen LogP contribution in [-0.2, 0) is 116 Å². The Kier molecular flexibility index (Phi) is 34.3. The molecule has 36 heteroatoms. The smallest absolute Gasteiger partial charge is 0.408 e. The Morgan fingerprint density at radius 1 is 0.381 bits per heavy atom. The van der Waals surface area contributed by atoms with Crippen LogP contribution in [0.3, 0.4) is 0 Å². The molecule has 6 aromatic rings. The van der Waals surface area contributed by atoms with Gasteiger partial charge in [0.15, 0.2) is 17.1 Å². The molecule has 3 saturated heterocycles. The van der Waals surface area contributed by atoms with Crippen molar-refractivity contribution in [2.45, 2.75) is 328 Å². The van der Waals surface area contributed by atoms with Crippen LogP contribution in [0.15, 0.2) is 72.8 Å². The van der Waals surface area contributed by atoms with Gasteiger partial charge in [0, 0.05) is 74.9 Å². The van der Waals surface area contributed by atoms with E-state index in [0.29, 0.717) is 116 Å². The number of carbonyl (C=O) groups is 6. The maximum absolute atomic E-state index is 16.0. The molecule has 2 unspecified atom stereocenters. The van der Waals surface area contributed by atoms with Crippen molar-refractivity contribution in [1.29, 1.82) is 0 Å². The summed E-state index contributed by atoms with van der Waals surface area (Å²) in [5.74, 6) is -12.9. The van der Waals surface area contributed by atoms with Crippen LogP contribution in [0, 0.1) is 63.6 Å². The second-order valence-corrected chi connectivity index (χ2v) is 41.1. The number of nitrogens with one attached hydrogen (secondary N) is 3. The van der Waals surface area contributed by atoms with Crippen LogP contribution in [0.5, 0.6) is 17.6 Å². The van der Waals surface area contributed by atoms with Gasteiger partial charge in [-0.1, -0.05) is 176 Å². The molecule has 134 heavy (non-hydrogen) atoms. The van der Waals surface area contributed by atoms with Crippen molar-refractivity contribution in [1.82, 2.24) is 60.6 Å². The zero-order chi connectivity index (χ0) is 94.2. The summed E-state index contributed by atoms with van der Waals surface area (Å²) in [5, 5.41) is 8.41. The van der Waals surface area contributed by atoms with E-state index in [4.69, 9.17) is 28.4 Å². The monoisotopic (exact) mass is 1980 g/mol. The summed E-state index contributed by atoms with van der Waals surface area (Å²) >= 11 is 0. The average Bonchev–Trinajstić information content (AvgIpc) is 1.55. The van der Waals surface area contributed by atoms with E-state index in [1.165, 1.54) is 14.7 Å². The van der Waals surface area contributed by atoms with Crippen molar-refractivity contribution in [2.75, 3.05) is 19.6 Å². The van der Waals surface area contributed by atoms with Gasteiger partial charge in [-0.2, -0.15) is 26.3 Å². The maximum atomic E-state index is 16.0. The molecule has 9 heterocycles. The van der Waals surface area contributed by atoms with Crippen LogP contribution >= 0.6 is 0 Å². The van der Waals surface area contributed by atoms with Crippen LogP contribution in [0.2, 0.25) is 0 Å². The molecule has 3 N–H and O–H groups in total. The van der Waals surface area contributed by atoms with Gasteiger partial charge in [-0.05, 0) is 197 Å². The van der Waals surface area contributed by atoms with E-state index < -0.39 is 184 Å². The third kappa shape index (κ3) is 23.3. The summed E-state index contributed by atoms with van der Waals surface area (Å²) in [7, 11) is 0. The summed E-state index contributed by atoms with van der Waals surface area (Å²) in [6.45, 7) is 23.6. The van der Waals surface area contributed by atoms with Gasteiger partial charge >= 0.3 is 18.3 Å². The summed E-state index contributed by atoms with van der Waals surface area (Å²) < 4.78 is 132. The topological polar surface area (TPSA) is 332 Å². The number of alkyl carbamates (subject to hydrolysis) is 3. The van der Waals surface area contributed by atoms with Crippen LogP contribution in [0.25, 0.3) is 33.1 Å². The third-order valence-electron chi connectivity index (χ3n) is 28.9. The molecule has 6 bridgehead atoms. The van der Waals surface area contributed by atoms with Gasteiger partial charge in [-0.3, -0.25) is 14.4 Å². The Morgan fingerprint density at radius 3 is 1.07 bits per heavy atom. The Hall–Kier alpha value is -8.36. The van der Waals surface area contributed by atoms with Gasteiger partial charge in [-0.25, -0.2) is 63.1 Å². The van der Waals surface area contributed by atoms with Crippen LogP contribution in [0.1, 0.15) is 255 Å². The van der Waals surface area contributed by atoms with Crippen molar-refractivity contribution in [3.05, 3.63) is 89.9 Å². The summed E-state index contributed by atoms with van der Waals surface area (Å²) in [6, 6.07) is 14.3. The fourth-order valence-corrected chi connectivity index (χ4v) is 21.5. The van der Waals surface area contributed by atoms with Gasteiger partial charge in [-0.15, -0.1) is 0 Å². The fraction of sp³-hybridized carbons (Fsp3) is 0.663. The van der Waals surface area contributed by atoms with Crippen molar-refractivity contribution >= 4 is 88.0 Å². The quantitative estimate of drug-likeness (QED) is 0.0792. The third-order valence-corrected chi connectivity index (χ3v) is 28.9. The minimum absolute atomic E-state index is 0. The second-order valence-electron chi connectivity index (χ2n) is 41.1. The number of hydrogen-bond acceptors (Lipinski definition) is 21. The van der Waals surface area contributed by atoms with Crippen molar-refractivity contribution < 1.29 is 154 Å². The van der Waals surface area contributed by atoms with E-state index in [9.17, 15) is 43.2 Å². The molecule has 10 aliphatic rings. The predicted octanol–water partition coefficient (Wildman–Crippen LogP) is 17.3. The molecule has 7 fully saturated rings. The molecular formula is C98H125F6N12O15V3-3. The molecule has 20 atom stereocenters. The van der Waals surface area contributed by atoms with E-state index in [-0.39, 0.29) is 142 Å². The number of benzene rings is 3. The normalized spacial score (nSPS) is 31.3. The van der Waals surface area contributed by atoms with Gasteiger partial charge < -0.3 is 73.5 Å². The Morgan fingerprint density at radius 2 is 0.709 bits per heavy atom. The molecule has 727 valence electrons. The molecule has 3 radical (unpaired) electrons. The number of carbonyl (C=O) groups excluding carboxylic acids is 9. The number of hydrogen-bond donors (Lipinski definition) is 3. The Balaban J connectivity index is 0.000000191. The van der Waals surface area contributed by atoms with Gasteiger partial charge in [0.25, 0.3) is 17.8 Å². The SMILES string of the molecule is CC[C@@H]1[C@@H]2CN(C(=O)[C@H](C(C)(C)C)NC(=O)O[C@@H]3CC4CC4[C@H]3CCCCC(F)(F)c3nc4ccccc4nc3O2)[C@@H]1[C-]=O.CC[C@@H]1[C@@H]2CN(C(=O)[C@H](C(C)(C)C)NC(=O)O[C@@H]3CCC[C@H]3CCCCC(F)(F)c3nc4ccccc4nc3O2)[C@@H]1[C-]=O.CC[C@@H]1[C@@H]2CN(C(=O)[C@H](C(C)(C)C)NC(=O)O[C@]3(C)CCC[C@H]3CCCCC(F)(F)c3nc4ccccc4nc3O2)[C@@H]1[C-]=O.[V].[V].[V]. The Labute approximate surface area is 815 Å². The van der Waals surface area contributed by atoms with Crippen LogP contribution in [-0.4, -0.2) is 191 Å². The average molecular weight is 1980 g/mol. The first-order valence-corrected chi connectivity index (χ1v) is 47.0. The number of rotatable bonds is 6. The molecule has 3 aromatic carbocycles. The van der Waals surface area contributed by atoms with E-state index in [2.05, 4.69) is 45.9 Å². The maximum Gasteiger partial charge on any atom is 0.408 e. The number of ether oxygens (including phenoxy) is 6. The van der Waals surface area contributed by atoms with E-state index in [0.717, 1.165) is 38.5 Å². The van der Waals surface area contributed by atoms with Crippen LogP contribution in [0.4, 0.5) is 40.7 Å². The molecule has 6 amide bonds. The number of para-hydroxylation sites is 6. The summed E-state index contributed by atoms with van der Waals surface area (Å²) in [4.78, 5) is 149. The fourth-order valence-electron chi connectivity index (χ4n) is 21.5. The molecule has 0 spiro atoms. The van der Waals surface area contributed by atoms with E-state index in [1.54, 1.807) is 72.8 Å². The molecular weight excluding hydrogens is 1850 g/mol. The van der Waals surface area contributed by atoms with Gasteiger partial charge in [0.05, 0.1) is 52.7 Å². The molecule has 4 aliphatic carbocycles. The number of amides is 6. The molecule has 4 saturated carbocycles. The standard InChI is InChI=1S/C33H41F2N4O5.C33H43F2N4O5.C32H41F2N4O5.3V/c1-5-19-24(17-40)39-16-26(19)43-29-27(36-22-11-6-7-12-23(22)37-29)33(34,35)13-9-8-10-20-21-14-18(21)15-25(20)44-31(42)38-28(30(39)41)32(2,3)4;1-6-21-24(19-40)39-18-25(21)43-28-26(36-22-14-7-8-15-23(22)37-28)33(34,35)17-10-9-12-20-13-11-16-32(20,5)44-30(42)38-27(29(39)41)31(2,3)4;1-5-20-23(18-39)38-17-25(20)42-28-26(35-21-13-6-7-14-22(21)36-28)32(33,34)16-9-8-11-19-12-10-15-24(19)43-30(41)37-27(29(38)40)31(2,3)4;;;/h6-7,11-12,18-21,24-26,28H,5,8-10,13-16H2,1-4H3,(H,38,42);7-8,14-15,20-21,24-25,27H,6,9-13,16-18H2,1-5H3,(H,38,42);6-7,13-14,19-20,23-25,27H,5,8-12,15-17H2,1-4H3,(H,37,41);;;/q3*-1;;;/t18?,19-,20+,21?,24+,25+,26-,28+;20-,21+,24-,25+,27-,32-;19-,20+,23-,24-,25+,27-;;;/m011.../s1. The first-order valence-electron chi connectivity index (χ1n) is 47.0. The number of alkyl halides is 6. The number of nitrogens with zero attached hydrogens (tertiary/aromatic N) is 9. The minimum Gasteiger partial charge on any atom is -0.540 e. The minimum atomic E-state index is -3.34. The Bertz CT molecular complexity index is 5090. The summed E-state index contributed by atoms with van der Waals surface area (Å²) in [5.41, 5.74) is -2.38. The van der Waals surface area contributed by atoms with Crippen molar-refractivity contribution in [3.8, 4) is 17.6 Å².